The molecule has 4 aromatic rings. The van der Waals surface area contributed by atoms with Crippen molar-refractivity contribution in [3.63, 3.8) is 0 Å². The van der Waals surface area contributed by atoms with Crippen LogP contribution in [-0.4, -0.2) is 40.5 Å². The maximum atomic E-state index is 5.68. The molecule has 3 heterocycles. The molecule has 0 radical (unpaired) electrons. The lowest BCUT2D eigenvalue weighted by molar-refractivity contribution is 0.144. The summed E-state index contributed by atoms with van der Waals surface area (Å²) in [5.41, 5.74) is 1.68. The molecule has 0 saturated heterocycles. The molecule has 0 aliphatic rings. The Morgan fingerprint density at radius 1 is 1.04 bits per heavy atom. The monoisotopic (exact) mass is 335 g/mol. The molecule has 4 rings (SSSR count). The van der Waals surface area contributed by atoms with Crippen LogP contribution in [0.1, 0.15) is 0 Å². The second-order valence-electron chi connectivity index (χ2n) is 5.49. The molecule has 0 spiro atoms. The number of ether oxygens (including phenoxy) is 2. The van der Waals surface area contributed by atoms with Crippen LogP contribution in [0.15, 0.2) is 48.8 Å². The van der Waals surface area contributed by atoms with E-state index in [1.54, 1.807) is 19.5 Å². The van der Waals surface area contributed by atoms with Crippen LogP contribution in [0, 0.1) is 0 Å². The van der Waals surface area contributed by atoms with Crippen LogP contribution in [0.2, 0.25) is 0 Å². The van der Waals surface area contributed by atoms with Crippen molar-refractivity contribution >= 4 is 33.3 Å². The summed E-state index contributed by atoms with van der Waals surface area (Å²) in [5, 5.41) is 13.5. The summed E-state index contributed by atoms with van der Waals surface area (Å²) in [6.45, 7) is 0.993. The molecule has 126 valence electrons. The number of H-pyrrole nitrogens is 1. The molecule has 0 atom stereocenters. The Kier molecular flexibility index (Phi) is 4.14. The van der Waals surface area contributed by atoms with Crippen LogP contribution in [0.4, 0.5) is 11.5 Å². The van der Waals surface area contributed by atoms with Gasteiger partial charge in [-0.05, 0) is 41.8 Å². The van der Waals surface area contributed by atoms with Gasteiger partial charge in [-0.3, -0.25) is 5.10 Å². The molecule has 0 aliphatic carbocycles. The fourth-order valence-electron chi connectivity index (χ4n) is 2.65. The molecule has 2 N–H and O–H groups in total. The van der Waals surface area contributed by atoms with E-state index in [1.165, 1.54) is 0 Å². The summed E-state index contributed by atoms with van der Waals surface area (Å²) < 4.78 is 10.7. The number of aromatic nitrogens is 4. The average molecular weight is 335 g/mol. The van der Waals surface area contributed by atoms with Crippen LogP contribution < -0.4 is 10.1 Å². The number of anilines is 2. The van der Waals surface area contributed by atoms with Gasteiger partial charge in [-0.25, -0.2) is 9.97 Å². The van der Waals surface area contributed by atoms with Crippen LogP contribution in [-0.2, 0) is 4.74 Å². The number of hydrogen-bond acceptors (Lipinski definition) is 6. The van der Waals surface area contributed by atoms with Crippen molar-refractivity contribution in [2.45, 2.75) is 0 Å². The zero-order valence-electron chi connectivity index (χ0n) is 13.7. The van der Waals surface area contributed by atoms with Gasteiger partial charge in [0, 0.05) is 30.6 Å². The number of pyridine rings is 2. The third-order valence-electron chi connectivity index (χ3n) is 3.85. The van der Waals surface area contributed by atoms with E-state index in [2.05, 4.69) is 25.5 Å². The van der Waals surface area contributed by atoms with E-state index in [9.17, 15) is 0 Å². The Morgan fingerprint density at radius 2 is 2.00 bits per heavy atom. The van der Waals surface area contributed by atoms with Gasteiger partial charge in [0.15, 0.2) is 11.5 Å². The Balaban J connectivity index is 1.63. The second kappa shape index (κ2) is 6.74. The van der Waals surface area contributed by atoms with Gasteiger partial charge in [-0.2, -0.15) is 5.10 Å². The van der Waals surface area contributed by atoms with Crippen molar-refractivity contribution in [1.29, 1.82) is 0 Å². The smallest absolute Gasteiger partial charge is 0.221 e. The first-order valence-electron chi connectivity index (χ1n) is 7.92. The molecule has 1 aromatic carbocycles. The molecule has 7 nitrogen and oxygen atoms in total. The molecule has 0 bridgehead atoms. The highest BCUT2D eigenvalue weighted by Crippen LogP contribution is 2.28. The van der Waals surface area contributed by atoms with Crippen molar-refractivity contribution in [2.24, 2.45) is 0 Å². The molecule has 0 saturated carbocycles. The summed E-state index contributed by atoms with van der Waals surface area (Å²) in [5.74, 6) is 1.35. The Morgan fingerprint density at radius 3 is 2.92 bits per heavy atom. The number of nitrogens with one attached hydrogen (secondary N) is 2. The van der Waals surface area contributed by atoms with Crippen LogP contribution in [0.25, 0.3) is 21.8 Å². The van der Waals surface area contributed by atoms with Gasteiger partial charge >= 0.3 is 0 Å². The predicted molar refractivity (Wildman–Crippen MR) is 96.3 cm³/mol. The third kappa shape index (κ3) is 3.09. The summed E-state index contributed by atoms with van der Waals surface area (Å²) in [6, 6.07) is 11.8. The minimum atomic E-state index is 0.467. The van der Waals surface area contributed by atoms with Crippen molar-refractivity contribution < 1.29 is 9.47 Å². The molecule has 0 unspecified atom stereocenters. The lowest BCUT2D eigenvalue weighted by Gasteiger charge is -2.09. The molecular formula is C18H17N5O2. The Labute approximate surface area is 144 Å². The molecule has 0 fully saturated rings. The molecule has 0 amide bonds. The zero-order chi connectivity index (χ0) is 17.1. The minimum Gasteiger partial charge on any atom is -0.475 e. The zero-order valence-corrected chi connectivity index (χ0v) is 13.7. The lowest BCUT2D eigenvalue weighted by Crippen LogP contribution is -2.05. The number of nitrogens with zero attached hydrogens (tertiary/aromatic N) is 3. The quantitative estimate of drug-likeness (QED) is 0.526. The van der Waals surface area contributed by atoms with Crippen LogP contribution >= 0.6 is 0 Å². The van der Waals surface area contributed by atoms with Crippen molar-refractivity contribution in [3.8, 4) is 5.88 Å². The van der Waals surface area contributed by atoms with Gasteiger partial charge in [-0.1, -0.05) is 0 Å². The van der Waals surface area contributed by atoms with E-state index in [4.69, 9.17) is 9.47 Å². The van der Waals surface area contributed by atoms with E-state index in [-0.39, 0.29) is 0 Å². The standard InChI is InChI=1S/C18H17N5O2/c1-24-9-10-25-18-14-5-4-13(11-12(14)6-8-20-18)21-17-15-3-2-7-19-16(15)22-23-17/h2-8,11H,9-10H2,1H3,(H2,19,21,22,23). The fourth-order valence-corrected chi connectivity index (χ4v) is 2.65. The highest BCUT2D eigenvalue weighted by Gasteiger charge is 2.08. The van der Waals surface area contributed by atoms with Gasteiger partial charge in [0.1, 0.15) is 6.61 Å². The minimum absolute atomic E-state index is 0.467. The van der Waals surface area contributed by atoms with E-state index in [0.29, 0.717) is 19.1 Å². The summed E-state index contributed by atoms with van der Waals surface area (Å²) in [4.78, 5) is 8.55. The number of benzene rings is 1. The van der Waals surface area contributed by atoms with E-state index < -0.39 is 0 Å². The number of hydrogen-bond donors (Lipinski definition) is 2. The van der Waals surface area contributed by atoms with Crippen LogP contribution in [0.5, 0.6) is 5.88 Å². The molecule has 7 heteroatoms. The van der Waals surface area contributed by atoms with E-state index >= 15 is 0 Å². The molecule has 0 aliphatic heterocycles. The first-order valence-corrected chi connectivity index (χ1v) is 7.92. The van der Waals surface area contributed by atoms with Gasteiger partial charge in [-0.15, -0.1) is 0 Å². The predicted octanol–water partition coefficient (Wildman–Crippen LogP) is 3.27. The summed E-state index contributed by atoms with van der Waals surface area (Å²) >= 11 is 0. The third-order valence-corrected chi connectivity index (χ3v) is 3.85. The summed E-state index contributed by atoms with van der Waals surface area (Å²) in [7, 11) is 1.64. The maximum absolute atomic E-state index is 5.68. The van der Waals surface area contributed by atoms with Gasteiger partial charge in [0.25, 0.3) is 0 Å². The van der Waals surface area contributed by atoms with Crippen molar-refractivity contribution in [1.82, 2.24) is 20.2 Å². The first kappa shape index (κ1) is 15.3. The highest BCUT2D eigenvalue weighted by molar-refractivity contribution is 5.92. The van der Waals surface area contributed by atoms with E-state index in [0.717, 1.165) is 33.3 Å². The fraction of sp³-hybridized carbons (Fsp3) is 0.167. The maximum Gasteiger partial charge on any atom is 0.221 e. The van der Waals surface area contributed by atoms with Gasteiger partial charge in [0.2, 0.25) is 5.88 Å². The van der Waals surface area contributed by atoms with Crippen LogP contribution in [0.3, 0.4) is 0 Å². The topological polar surface area (TPSA) is 85.0 Å². The Hall–Kier alpha value is -3.19. The Bertz CT molecular complexity index is 1010. The summed E-state index contributed by atoms with van der Waals surface area (Å²) in [6.07, 6.45) is 3.47. The SMILES string of the molecule is COCCOc1nccc2cc(Nc3n[nH]c4ncccc34)ccc12. The molecule has 3 aromatic heterocycles. The van der Waals surface area contributed by atoms with Crippen molar-refractivity contribution in [2.75, 3.05) is 25.6 Å². The van der Waals surface area contributed by atoms with E-state index in [1.807, 2.05) is 36.4 Å². The number of methoxy groups -OCH3 is 1. The lowest BCUT2D eigenvalue weighted by atomic mass is 10.1. The number of rotatable bonds is 6. The molecular weight excluding hydrogens is 318 g/mol. The number of aromatic amines is 1. The average Bonchev–Trinajstić information content (AvgIpc) is 3.05. The largest absolute Gasteiger partial charge is 0.475 e. The van der Waals surface area contributed by atoms with Gasteiger partial charge in [0.05, 0.1) is 12.0 Å². The normalized spacial score (nSPS) is 11.1. The molecule has 25 heavy (non-hydrogen) atoms. The first-order chi connectivity index (χ1) is 12.3. The second-order valence-corrected chi connectivity index (χ2v) is 5.49. The van der Waals surface area contributed by atoms with Gasteiger partial charge < -0.3 is 14.8 Å². The van der Waals surface area contributed by atoms with Crippen molar-refractivity contribution in [3.05, 3.63) is 48.8 Å². The number of fused-ring (bicyclic) bond motifs is 2. The highest BCUT2D eigenvalue weighted by atomic mass is 16.5.